The lowest BCUT2D eigenvalue weighted by molar-refractivity contribution is -0.138. The molecule has 0 unspecified atom stereocenters. The van der Waals surface area contributed by atoms with Gasteiger partial charge in [0.2, 0.25) is 0 Å². The molecule has 3 aromatic rings. The van der Waals surface area contributed by atoms with Crippen LogP contribution in [0.2, 0.25) is 0 Å². The summed E-state index contributed by atoms with van der Waals surface area (Å²) in [7, 11) is 0. The molecule has 0 saturated carbocycles. The average molecular weight is 256 g/mol. The van der Waals surface area contributed by atoms with Gasteiger partial charge >= 0.3 is 5.97 Å². The molecule has 0 aliphatic heterocycles. The van der Waals surface area contributed by atoms with E-state index in [1.807, 2.05) is 24.3 Å². The first kappa shape index (κ1) is 11.2. The van der Waals surface area contributed by atoms with Gasteiger partial charge in [0.15, 0.2) is 0 Å². The molecule has 3 heteroatoms. The maximum Gasteiger partial charge on any atom is 0.310 e. The number of hydrogen-bond acceptors (Lipinski definition) is 2. The summed E-state index contributed by atoms with van der Waals surface area (Å²) >= 11 is 1.67. The summed E-state index contributed by atoms with van der Waals surface area (Å²) in [5, 5.41) is 11.5. The van der Waals surface area contributed by atoms with Crippen LogP contribution in [0.1, 0.15) is 18.4 Å². The first-order chi connectivity index (χ1) is 8.68. The van der Waals surface area contributed by atoms with Gasteiger partial charge in [0.05, 0.1) is 5.92 Å². The maximum absolute atomic E-state index is 11.2. The van der Waals surface area contributed by atoms with Gasteiger partial charge in [-0.15, -0.1) is 11.3 Å². The van der Waals surface area contributed by atoms with Crippen LogP contribution in [0, 0.1) is 0 Å². The monoisotopic (exact) mass is 256 g/mol. The van der Waals surface area contributed by atoms with E-state index in [4.69, 9.17) is 0 Å². The topological polar surface area (TPSA) is 37.3 Å². The molecule has 1 heterocycles. The third kappa shape index (κ3) is 1.59. The molecule has 0 aliphatic carbocycles. The van der Waals surface area contributed by atoms with Crippen LogP contribution in [0.4, 0.5) is 0 Å². The molecule has 2 aromatic carbocycles. The van der Waals surface area contributed by atoms with Crippen molar-refractivity contribution in [2.75, 3.05) is 0 Å². The van der Waals surface area contributed by atoms with Crippen molar-refractivity contribution >= 4 is 37.5 Å². The number of hydrogen-bond donors (Lipinski definition) is 1. The number of benzene rings is 2. The third-order valence-electron chi connectivity index (χ3n) is 3.27. The highest BCUT2D eigenvalue weighted by Gasteiger charge is 2.18. The Morgan fingerprint density at radius 1 is 1.11 bits per heavy atom. The van der Waals surface area contributed by atoms with Gasteiger partial charge in [-0.2, -0.15) is 0 Å². The van der Waals surface area contributed by atoms with E-state index in [9.17, 15) is 9.90 Å². The summed E-state index contributed by atoms with van der Waals surface area (Å²) in [5.41, 5.74) is 0.904. The minimum atomic E-state index is -0.778. The normalized spacial score (nSPS) is 12.9. The molecular formula is C15H12O2S. The summed E-state index contributed by atoms with van der Waals surface area (Å²) in [5.74, 6) is -1.25. The Labute approximate surface area is 108 Å². The largest absolute Gasteiger partial charge is 0.481 e. The maximum atomic E-state index is 11.2. The molecule has 18 heavy (non-hydrogen) atoms. The number of carbonyl (C=O) groups is 1. The van der Waals surface area contributed by atoms with Gasteiger partial charge < -0.3 is 5.11 Å². The Kier molecular flexibility index (Phi) is 2.56. The number of carboxylic acids is 1. The van der Waals surface area contributed by atoms with E-state index >= 15 is 0 Å². The van der Waals surface area contributed by atoms with Crippen molar-refractivity contribution in [3.63, 3.8) is 0 Å². The van der Waals surface area contributed by atoms with Gasteiger partial charge in [-0.05, 0) is 18.6 Å². The Balaban J connectivity index is 2.37. The van der Waals surface area contributed by atoms with Crippen LogP contribution < -0.4 is 0 Å². The number of aliphatic carboxylic acids is 1. The van der Waals surface area contributed by atoms with Crippen LogP contribution >= 0.6 is 11.3 Å². The molecule has 0 amide bonds. The van der Waals surface area contributed by atoms with Gasteiger partial charge in [-0.25, -0.2) is 0 Å². The SMILES string of the molecule is C[C@@H](C(=O)O)c1cccc2c1sc1ccccc12. The molecule has 0 saturated heterocycles. The van der Waals surface area contributed by atoms with Crippen molar-refractivity contribution < 1.29 is 9.90 Å². The average Bonchev–Trinajstić information content (AvgIpc) is 2.76. The van der Waals surface area contributed by atoms with E-state index in [2.05, 4.69) is 18.2 Å². The standard InChI is InChI=1S/C15H12O2S/c1-9(15(16)17)10-6-4-7-12-11-5-2-3-8-13(11)18-14(10)12/h2-9H,1H3,(H,16,17)/t9-/m1/s1. The van der Waals surface area contributed by atoms with E-state index < -0.39 is 11.9 Å². The van der Waals surface area contributed by atoms with Crippen molar-refractivity contribution in [2.24, 2.45) is 0 Å². The van der Waals surface area contributed by atoms with Crippen molar-refractivity contribution in [3.8, 4) is 0 Å². The van der Waals surface area contributed by atoms with Gasteiger partial charge in [0.25, 0.3) is 0 Å². The Morgan fingerprint density at radius 3 is 2.61 bits per heavy atom. The van der Waals surface area contributed by atoms with Gasteiger partial charge in [-0.1, -0.05) is 36.4 Å². The highest BCUT2D eigenvalue weighted by atomic mass is 32.1. The fourth-order valence-electron chi connectivity index (χ4n) is 2.24. The summed E-state index contributed by atoms with van der Waals surface area (Å²) in [6.45, 7) is 1.74. The molecule has 1 N–H and O–H groups in total. The minimum Gasteiger partial charge on any atom is -0.481 e. The van der Waals surface area contributed by atoms with E-state index in [1.165, 1.54) is 10.1 Å². The van der Waals surface area contributed by atoms with Crippen LogP contribution in [0.3, 0.4) is 0 Å². The zero-order valence-corrected chi connectivity index (χ0v) is 10.7. The second-order valence-corrected chi connectivity index (χ2v) is 5.43. The summed E-state index contributed by atoms with van der Waals surface area (Å²) in [4.78, 5) is 11.2. The van der Waals surface area contributed by atoms with Crippen LogP contribution in [0.5, 0.6) is 0 Å². The zero-order chi connectivity index (χ0) is 12.7. The lowest BCUT2D eigenvalue weighted by atomic mass is 9.99. The highest BCUT2D eigenvalue weighted by Crippen LogP contribution is 2.38. The predicted molar refractivity (Wildman–Crippen MR) is 75.4 cm³/mol. The smallest absolute Gasteiger partial charge is 0.310 e. The van der Waals surface area contributed by atoms with E-state index in [0.717, 1.165) is 15.6 Å². The fourth-order valence-corrected chi connectivity index (χ4v) is 3.55. The first-order valence-corrected chi connectivity index (χ1v) is 6.63. The van der Waals surface area contributed by atoms with Crippen molar-refractivity contribution in [2.45, 2.75) is 12.8 Å². The predicted octanol–water partition coefficient (Wildman–Crippen LogP) is 4.24. The molecular weight excluding hydrogens is 244 g/mol. The highest BCUT2D eigenvalue weighted by molar-refractivity contribution is 7.26. The molecule has 90 valence electrons. The molecule has 0 fully saturated rings. The molecule has 2 nitrogen and oxygen atoms in total. The summed E-state index contributed by atoms with van der Waals surface area (Å²) < 4.78 is 2.30. The molecule has 0 radical (unpaired) electrons. The van der Waals surface area contributed by atoms with E-state index in [-0.39, 0.29) is 0 Å². The van der Waals surface area contributed by atoms with Crippen molar-refractivity contribution in [3.05, 3.63) is 48.0 Å². The molecule has 0 aliphatic rings. The van der Waals surface area contributed by atoms with Gasteiger partial charge in [0.1, 0.15) is 0 Å². The van der Waals surface area contributed by atoms with Crippen molar-refractivity contribution in [1.29, 1.82) is 0 Å². The summed E-state index contributed by atoms with van der Waals surface area (Å²) in [6.07, 6.45) is 0. The van der Waals surface area contributed by atoms with E-state index in [1.54, 1.807) is 18.3 Å². The van der Waals surface area contributed by atoms with Crippen LogP contribution in [-0.2, 0) is 4.79 Å². The Morgan fingerprint density at radius 2 is 1.83 bits per heavy atom. The molecule has 0 spiro atoms. The van der Waals surface area contributed by atoms with Crippen LogP contribution in [0.15, 0.2) is 42.5 Å². The number of fused-ring (bicyclic) bond motifs is 3. The molecule has 1 aromatic heterocycles. The lowest BCUT2D eigenvalue weighted by Crippen LogP contribution is -2.07. The quantitative estimate of drug-likeness (QED) is 0.744. The van der Waals surface area contributed by atoms with Gasteiger partial charge in [-0.3, -0.25) is 4.79 Å². The Bertz CT molecular complexity index is 742. The minimum absolute atomic E-state index is 0.471. The second kappa shape index (κ2) is 4.10. The Hall–Kier alpha value is -1.87. The second-order valence-electron chi connectivity index (χ2n) is 4.38. The molecule has 0 bridgehead atoms. The number of thiophene rings is 1. The van der Waals surface area contributed by atoms with Crippen molar-refractivity contribution in [1.82, 2.24) is 0 Å². The van der Waals surface area contributed by atoms with Crippen LogP contribution in [0.25, 0.3) is 20.2 Å². The van der Waals surface area contributed by atoms with Gasteiger partial charge in [0, 0.05) is 20.2 Å². The van der Waals surface area contributed by atoms with Crippen LogP contribution in [-0.4, -0.2) is 11.1 Å². The zero-order valence-electron chi connectivity index (χ0n) is 9.88. The number of rotatable bonds is 2. The third-order valence-corrected chi connectivity index (χ3v) is 4.51. The fraction of sp³-hybridized carbons (Fsp3) is 0.133. The molecule has 1 atom stereocenters. The molecule has 3 rings (SSSR count). The number of carboxylic acid groups (broad SMARTS) is 1. The van der Waals surface area contributed by atoms with E-state index in [0.29, 0.717) is 0 Å². The first-order valence-electron chi connectivity index (χ1n) is 5.81. The lowest BCUT2D eigenvalue weighted by Gasteiger charge is -2.07. The summed E-state index contributed by atoms with van der Waals surface area (Å²) in [6, 6.07) is 14.1.